The molecular formula is C42H29BN2. The smallest absolute Gasteiger partial charge is 0.329 e. The van der Waals surface area contributed by atoms with Crippen LogP contribution in [0.3, 0.4) is 0 Å². The van der Waals surface area contributed by atoms with Gasteiger partial charge < -0.3 is 4.81 Å². The zero-order valence-corrected chi connectivity index (χ0v) is 25.0. The standard InChI is InChI=1S/C42H29BN2/c1-28-24-34(22-23-44-28)33-16-19-36-38-26-32(30-12-6-3-7-13-30)18-21-42(38)45-41-20-17-31(29-10-4-2-5-11-29)25-37(41)35-14-8-9-15-39(35)43(45)40(36)27-33/h2-27H,1H3. The summed E-state index contributed by atoms with van der Waals surface area (Å²) in [5.41, 5.74) is 18.6. The molecule has 0 spiro atoms. The highest BCUT2D eigenvalue weighted by atomic mass is 15.1. The van der Waals surface area contributed by atoms with E-state index in [2.05, 4.69) is 168 Å². The van der Waals surface area contributed by atoms with E-state index >= 15 is 0 Å². The number of benzene rings is 6. The Morgan fingerprint density at radius 3 is 1.60 bits per heavy atom. The molecule has 3 heterocycles. The molecule has 0 unspecified atom stereocenters. The number of fused-ring (bicyclic) bond motifs is 11. The Morgan fingerprint density at radius 1 is 0.422 bits per heavy atom. The summed E-state index contributed by atoms with van der Waals surface area (Å²) in [5, 5.41) is 0. The molecule has 6 aromatic carbocycles. The summed E-state index contributed by atoms with van der Waals surface area (Å²) in [6, 6.07) is 55.7. The van der Waals surface area contributed by atoms with Crippen molar-refractivity contribution in [3.63, 3.8) is 0 Å². The SMILES string of the molecule is Cc1cc(-c2ccc3c(c2)B2c4ccccc4-c4cc(-c5ccccc5)ccc4N2c2ccc(-c4ccccc4)cc2-3)ccn1. The van der Waals surface area contributed by atoms with Crippen LogP contribution in [0.1, 0.15) is 5.69 Å². The van der Waals surface area contributed by atoms with Gasteiger partial charge in [0.1, 0.15) is 0 Å². The number of anilines is 2. The maximum atomic E-state index is 4.46. The molecule has 0 bridgehead atoms. The largest absolute Gasteiger partial charge is 0.376 e. The average Bonchev–Trinajstić information content (AvgIpc) is 3.11. The van der Waals surface area contributed by atoms with Crippen LogP contribution in [0.25, 0.3) is 55.6 Å². The fraction of sp³-hybridized carbons (Fsp3) is 0.0238. The van der Waals surface area contributed by atoms with Gasteiger partial charge in [0.15, 0.2) is 0 Å². The van der Waals surface area contributed by atoms with Crippen LogP contribution in [-0.2, 0) is 0 Å². The van der Waals surface area contributed by atoms with E-state index in [1.54, 1.807) is 0 Å². The minimum Gasteiger partial charge on any atom is -0.376 e. The van der Waals surface area contributed by atoms with E-state index in [9.17, 15) is 0 Å². The summed E-state index contributed by atoms with van der Waals surface area (Å²) >= 11 is 0. The second-order valence-electron chi connectivity index (χ2n) is 12.0. The van der Waals surface area contributed by atoms with Gasteiger partial charge in [0.25, 0.3) is 0 Å². The predicted octanol–water partition coefficient (Wildman–Crippen LogP) is 9.30. The van der Waals surface area contributed by atoms with Gasteiger partial charge in [-0.2, -0.15) is 0 Å². The maximum Gasteiger partial charge on any atom is 0.329 e. The molecule has 7 aromatic rings. The van der Waals surface area contributed by atoms with Crippen molar-refractivity contribution in [3.05, 3.63) is 164 Å². The minimum atomic E-state index is 0.0456. The molecule has 45 heavy (non-hydrogen) atoms. The van der Waals surface area contributed by atoms with Gasteiger partial charge in [-0.25, -0.2) is 0 Å². The second kappa shape index (κ2) is 10.2. The molecule has 0 N–H and O–H groups in total. The number of aryl methyl sites for hydroxylation is 1. The lowest BCUT2D eigenvalue weighted by Gasteiger charge is -2.43. The van der Waals surface area contributed by atoms with Crippen molar-refractivity contribution in [1.29, 1.82) is 0 Å². The van der Waals surface area contributed by atoms with Gasteiger partial charge in [0, 0.05) is 34.4 Å². The van der Waals surface area contributed by atoms with Gasteiger partial charge in [-0.05, 0) is 98.8 Å². The Labute approximate surface area is 264 Å². The third kappa shape index (κ3) is 4.16. The molecule has 2 aliphatic rings. The third-order valence-electron chi connectivity index (χ3n) is 9.40. The van der Waals surface area contributed by atoms with Crippen molar-refractivity contribution >= 4 is 29.1 Å². The van der Waals surface area contributed by atoms with E-state index < -0.39 is 0 Å². The third-order valence-corrected chi connectivity index (χ3v) is 9.40. The first kappa shape index (κ1) is 25.8. The van der Waals surface area contributed by atoms with Gasteiger partial charge in [-0.1, -0.05) is 115 Å². The highest BCUT2D eigenvalue weighted by Crippen LogP contribution is 2.48. The summed E-state index contributed by atoms with van der Waals surface area (Å²) in [6.07, 6.45) is 1.91. The number of pyridine rings is 1. The van der Waals surface area contributed by atoms with Crippen LogP contribution < -0.4 is 15.7 Å². The lowest BCUT2D eigenvalue weighted by molar-refractivity contribution is 1.20. The lowest BCUT2D eigenvalue weighted by Crippen LogP contribution is -2.59. The number of aromatic nitrogens is 1. The van der Waals surface area contributed by atoms with Crippen LogP contribution in [0.2, 0.25) is 0 Å². The summed E-state index contributed by atoms with van der Waals surface area (Å²) in [7, 11) is 0. The monoisotopic (exact) mass is 572 g/mol. The summed E-state index contributed by atoms with van der Waals surface area (Å²) in [4.78, 5) is 7.05. The lowest BCUT2D eigenvalue weighted by atomic mass is 9.43. The number of hydrogen-bond donors (Lipinski definition) is 0. The molecule has 9 rings (SSSR count). The molecule has 1 aromatic heterocycles. The predicted molar refractivity (Wildman–Crippen MR) is 190 cm³/mol. The topological polar surface area (TPSA) is 16.1 Å². The van der Waals surface area contributed by atoms with Gasteiger partial charge >= 0.3 is 6.85 Å². The van der Waals surface area contributed by atoms with Crippen molar-refractivity contribution in [3.8, 4) is 55.6 Å². The van der Waals surface area contributed by atoms with Crippen molar-refractivity contribution in [2.45, 2.75) is 6.92 Å². The normalized spacial score (nSPS) is 12.5. The highest BCUT2D eigenvalue weighted by molar-refractivity contribution is 6.92. The van der Waals surface area contributed by atoms with Crippen LogP contribution in [0.15, 0.2) is 158 Å². The molecule has 210 valence electrons. The van der Waals surface area contributed by atoms with Gasteiger partial charge in [-0.15, -0.1) is 0 Å². The van der Waals surface area contributed by atoms with E-state index in [4.69, 9.17) is 0 Å². The zero-order valence-electron chi connectivity index (χ0n) is 25.0. The molecule has 0 aliphatic carbocycles. The summed E-state index contributed by atoms with van der Waals surface area (Å²) in [6.45, 7) is 2.10. The molecule has 2 aliphatic heterocycles. The maximum absolute atomic E-state index is 4.46. The Morgan fingerprint density at radius 2 is 0.956 bits per heavy atom. The zero-order chi connectivity index (χ0) is 29.9. The first-order chi connectivity index (χ1) is 22.2. The summed E-state index contributed by atoms with van der Waals surface area (Å²) in [5.74, 6) is 0. The van der Waals surface area contributed by atoms with Crippen molar-refractivity contribution in [2.75, 3.05) is 4.81 Å². The minimum absolute atomic E-state index is 0.0456. The van der Waals surface area contributed by atoms with Gasteiger partial charge in [-0.3, -0.25) is 4.98 Å². The molecule has 0 saturated carbocycles. The Bertz CT molecular complexity index is 2240. The molecule has 2 nitrogen and oxygen atoms in total. The Hall–Kier alpha value is -5.67. The van der Waals surface area contributed by atoms with Gasteiger partial charge in [0.05, 0.1) is 0 Å². The highest BCUT2D eigenvalue weighted by Gasteiger charge is 2.42. The van der Waals surface area contributed by atoms with Crippen LogP contribution >= 0.6 is 0 Å². The van der Waals surface area contributed by atoms with E-state index in [1.165, 1.54) is 77.9 Å². The van der Waals surface area contributed by atoms with Crippen LogP contribution in [-0.4, -0.2) is 11.8 Å². The van der Waals surface area contributed by atoms with Gasteiger partial charge in [0.2, 0.25) is 0 Å². The molecule has 0 fully saturated rings. The molecule has 0 atom stereocenters. The Kier molecular flexibility index (Phi) is 5.85. The fourth-order valence-electron chi connectivity index (χ4n) is 7.32. The van der Waals surface area contributed by atoms with Crippen LogP contribution in [0.4, 0.5) is 11.4 Å². The molecule has 0 amide bonds. The molecular weight excluding hydrogens is 543 g/mol. The molecule has 3 heteroatoms. The summed E-state index contributed by atoms with van der Waals surface area (Å²) < 4.78 is 0. The van der Waals surface area contributed by atoms with Crippen molar-refractivity contribution < 1.29 is 0 Å². The molecule has 0 saturated heterocycles. The van der Waals surface area contributed by atoms with Crippen molar-refractivity contribution in [1.82, 2.24) is 4.98 Å². The van der Waals surface area contributed by atoms with Crippen LogP contribution in [0.5, 0.6) is 0 Å². The first-order valence-corrected chi connectivity index (χ1v) is 15.6. The quantitative estimate of drug-likeness (QED) is 0.196. The average molecular weight is 573 g/mol. The number of hydrogen-bond acceptors (Lipinski definition) is 2. The first-order valence-electron chi connectivity index (χ1n) is 15.6. The van der Waals surface area contributed by atoms with E-state index in [-0.39, 0.29) is 6.85 Å². The second-order valence-corrected chi connectivity index (χ2v) is 12.0. The van der Waals surface area contributed by atoms with Crippen LogP contribution in [0, 0.1) is 6.92 Å². The molecule has 0 radical (unpaired) electrons. The number of nitrogens with zero attached hydrogens (tertiary/aromatic N) is 2. The Balaban J connectivity index is 1.32. The number of rotatable bonds is 3. The van der Waals surface area contributed by atoms with E-state index in [1.807, 2.05) is 6.20 Å². The van der Waals surface area contributed by atoms with E-state index in [0.29, 0.717) is 0 Å². The van der Waals surface area contributed by atoms with Crippen molar-refractivity contribution in [2.24, 2.45) is 0 Å². The van der Waals surface area contributed by atoms with E-state index in [0.717, 1.165) is 5.69 Å². The fourth-order valence-corrected chi connectivity index (χ4v) is 7.32.